The molecule has 9 nitrogen and oxygen atoms in total. The highest BCUT2D eigenvalue weighted by Crippen LogP contribution is 2.11. The van der Waals surface area contributed by atoms with E-state index < -0.39 is 16.0 Å². The van der Waals surface area contributed by atoms with Crippen LogP contribution < -0.4 is 4.72 Å². The number of benzene rings is 1. The van der Waals surface area contributed by atoms with Crippen molar-refractivity contribution in [2.45, 2.75) is 5.75 Å². The first-order valence-corrected chi connectivity index (χ1v) is 7.08. The lowest BCUT2D eigenvalue weighted by atomic mass is 10.1. The Morgan fingerprint density at radius 1 is 1.45 bits per heavy atom. The number of nitrogens with zero attached hydrogens (tertiary/aromatic N) is 4. The second-order valence-electron chi connectivity index (χ2n) is 3.97. The van der Waals surface area contributed by atoms with E-state index in [4.69, 9.17) is 5.11 Å². The number of hydrogen-bond donors (Lipinski definition) is 2. The van der Waals surface area contributed by atoms with Gasteiger partial charge in [0.05, 0.1) is 18.4 Å². The Bertz CT molecular complexity index is 740. The molecule has 106 valence electrons. The number of sulfonamides is 1. The molecule has 0 atom stereocenters. The van der Waals surface area contributed by atoms with E-state index in [-0.39, 0.29) is 17.3 Å². The number of carboxylic acids is 1. The monoisotopic (exact) mass is 297 g/mol. The van der Waals surface area contributed by atoms with Crippen LogP contribution in [-0.2, 0) is 22.8 Å². The molecule has 0 unspecified atom stereocenters. The highest BCUT2D eigenvalue weighted by molar-refractivity contribution is 7.91. The molecule has 0 spiro atoms. The van der Waals surface area contributed by atoms with Crippen molar-refractivity contribution in [2.24, 2.45) is 7.05 Å². The van der Waals surface area contributed by atoms with Crippen molar-refractivity contribution in [1.29, 1.82) is 0 Å². The summed E-state index contributed by atoms with van der Waals surface area (Å²) in [6, 6.07) is 5.69. The van der Waals surface area contributed by atoms with Gasteiger partial charge in [-0.3, -0.25) is 0 Å². The van der Waals surface area contributed by atoms with Gasteiger partial charge in [0, 0.05) is 0 Å². The van der Waals surface area contributed by atoms with Gasteiger partial charge in [0.25, 0.3) is 5.95 Å². The summed E-state index contributed by atoms with van der Waals surface area (Å²) in [5.74, 6) is -1.64. The Labute approximate surface area is 114 Å². The molecular weight excluding hydrogens is 286 g/mol. The first kappa shape index (κ1) is 13.9. The molecule has 10 heteroatoms. The summed E-state index contributed by atoms with van der Waals surface area (Å²) in [6.45, 7) is 0. The van der Waals surface area contributed by atoms with Crippen molar-refractivity contribution >= 4 is 21.9 Å². The Hall–Kier alpha value is -2.49. The maximum atomic E-state index is 11.9. The molecule has 2 N–H and O–H groups in total. The van der Waals surface area contributed by atoms with Crippen LogP contribution in [0.3, 0.4) is 0 Å². The van der Waals surface area contributed by atoms with Gasteiger partial charge >= 0.3 is 5.97 Å². The van der Waals surface area contributed by atoms with E-state index >= 15 is 0 Å². The van der Waals surface area contributed by atoms with Gasteiger partial charge in [-0.2, -0.15) is 4.80 Å². The van der Waals surface area contributed by atoms with Crippen LogP contribution in [0.4, 0.5) is 5.95 Å². The van der Waals surface area contributed by atoms with Crippen molar-refractivity contribution in [1.82, 2.24) is 20.2 Å². The molecular formula is C10H11N5O4S. The average Bonchev–Trinajstić information content (AvgIpc) is 2.73. The van der Waals surface area contributed by atoms with E-state index in [9.17, 15) is 13.2 Å². The van der Waals surface area contributed by atoms with E-state index in [1.807, 2.05) is 0 Å². The summed E-state index contributed by atoms with van der Waals surface area (Å²) in [5, 5.41) is 19.5. The number of carboxylic acid groups (broad SMARTS) is 1. The van der Waals surface area contributed by atoms with Gasteiger partial charge in [0.15, 0.2) is 0 Å². The lowest BCUT2D eigenvalue weighted by molar-refractivity contribution is 0.0696. The van der Waals surface area contributed by atoms with Gasteiger partial charge in [0.1, 0.15) is 0 Å². The van der Waals surface area contributed by atoms with Crippen LogP contribution in [0.25, 0.3) is 0 Å². The molecule has 0 radical (unpaired) electrons. The molecule has 0 aliphatic carbocycles. The van der Waals surface area contributed by atoms with Crippen LogP contribution in [0.5, 0.6) is 0 Å². The number of rotatable bonds is 5. The van der Waals surface area contributed by atoms with E-state index in [1.54, 1.807) is 0 Å². The standard InChI is InChI=1S/C10H11N5O4S/c1-15-12-10(11-14-15)13-20(18,19)6-7-3-2-4-8(5-7)9(16)17/h2-5H,6H2,1H3,(H,12,13)(H,16,17). The molecule has 2 rings (SSSR count). The van der Waals surface area contributed by atoms with Crippen LogP contribution in [-0.4, -0.2) is 39.7 Å². The molecule has 1 aromatic carbocycles. The number of aromatic nitrogens is 4. The first-order chi connectivity index (χ1) is 9.35. The Morgan fingerprint density at radius 2 is 2.20 bits per heavy atom. The lowest BCUT2D eigenvalue weighted by Gasteiger charge is -2.05. The zero-order valence-electron chi connectivity index (χ0n) is 10.4. The summed E-state index contributed by atoms with van der Waals surface area (Å²) < 4.78 is 25.9. The van der Waals surface area contributed by atoms with Crippen molar-refractivity contribution in [3.05, 3.63) is 35.4 Å². The fraction of sp³-hybridized carbons (Fsp3) is 0.200. The summed E-state index contributed by atoms with van der Waals surface area (Å²) in [5.41, 5.74) is 0.372. The van der Waals surface area contributed by atoms with Gasteiger partial charge in [-0.05, 0) is 22.9 Å². The van der Waals surface area contributed by atoms with Gasteiger partial charge in [-0.1, -0.05) is 17.2 Å². The number of hydrogen-bond acceptors (Lipinski definition) is 6. The summed E-state index contributed by atoms with van der Waals surface area (Å²) in [4.78, 5) is 11.9. The van der Waals surface area contributed by atoms with E-state index in [1.165, 1.54) is 31.3 Å². The minimum Gasteiger partial charge on any atom is -0.478 e. The third-order valence-electron chi connectivity index (χ3n) is 2.29. The number of aryl methyl sites for hydroxylation is 1. The second kappa shape index (κ2) is 5.25. The first-order valence-electron chi connectivity index (χ1n) is 5.42. The number of tetrazole rings is 1. The molecule has 2 aromatic rings. The van der Waals surface area contributed by atoms with Crippen LogP contribution in [0, 0.1) is 0 Å². The maximum absolute atomic E-state index is 11.9. The van der Waals surface area contributed by atoms with E-state index in [0.717, 1.165) is 4.80 Å². The molecule has 20 heavy (non-hydrogen) atoms. The second-order valence-corrected chi connectivity index (χ2v) is 5.69. The van der Waals surface area contributed by atoms with Gasteiger partial charge in [-0.15, -0.1) is 5.10 Å². The van der Waals surface area contributed by atoms with Gasteiger partial charge in [-0.25, -0.2) is 17.9 Å². The van der Waals surface area contributed by atoms with Gasteiger partial charge < -0.3 is 5.11 Å². The fourth-order valence-corrected chi connectivity index (χ4v) is 2.56. The van der Waals surface area contributed by atoms with Crippen molar-refractivity contribution in [3.63, 3.8) is 0 Å². The third-order valence-corrected chi connectivity index (χ3v) is 3.49. The topological polar surface area (TPSA) is 127 Å². The van der Waals surface area contributed by atoms with E-state index in [0.29, 0.717) is 5.56 Å². The Morgan fingerprint density at radius 3 is 2.80 bits per heavy atom. The van der Waals surface area contributed by atoms with Crippen LogP contribution in [0.15, 0.2) is 24.3 Å². The van der Waals surface area contributed by atoms with Crippen LogP contribution >= 0.6 is 0 Å². The molecule has 0 fully saturated rings. The predicted molar refractivity (Wildman–Crippen MR) is 68.4 cm³/mol. The smallest absolute Gasteiger partial charge is 0.335 e. The quantitative estimate of drug-likeness (QED) is 0.785. The lowest BCUT2D eigenvalue weighted by Crippen LogP contribution is -2.16. The molecule has 1 heterocycles. The van der Waals surface area contributed by atoms with Crippen LogP contribution in [0.2, 0.25) is 0 Å². The number of anilines is 1. The van der Waals surface area contributed by atoms with Crippen molar-refractivity contribution in [3.8, 4) is 0 Å². The zero-order valence-corrected chi connectivity index (χ0v) is 11.2. The molecule has 0 amide bonds. The molecule has 0 saturated carbocycles. The molecule has 1 aromatic heterocycles. The van der Waals surface area contributed by atoms with E-state index in [2.05, 4.69) is 20.1 Å². The normalized spacial score (nSPS) is 11.2. The maximum Gasteiger partial charge on any atom is 0.335 e. The fourth-order valence-electron chi connectivity index (χ4n) is 1.51. The molecule has 0 bridgehead atoms. The molecule has 0 aliphatic rings. The highest BCUT2D eigenvalue weighted by Gasteiger charge is 2.15. The summed E-state index contributed by atoms with van der Waals surface area (Å²) >= 11 is 0. The minimum atomic E-state index is -3.74. The Balaban J connectivity index is 2.15. The summed E-state index contributed by atoms with van der Waals surface area (Å²) in [6.07, 6.45) is 0. The summed E-state index contributed by atoms with van der Waals surface area (Å²) in [7, 11) is -2.24. The number of nitrogens with one attached hydrogen (secondary N) is 1. The third kappa shape index (κ3) is 3.51. The van der Waals surface area contributed by atoms with Crippen molar-refractivity contribution in [2.75, 3.05) is 4.72 Å². The van der Waals surface area contributed by atoms with Crippen LogP contribution in [0.1, 0.15) is 15.9 Å². The van der Waals surface area contributed by atoms with Crippen molar-refractivity contribution < 1.29 is 18.3 Å². The predicted octanol–water partition coefficient (Wildman–Crippen LogP) is -0.150. The van der Waals surface area contributed by atoms with Gasteiger partial charge in [0.2, 0.25) is 10.0 Å². The average molecular weight is 297 g/mol. The SMILES string of the molecule is Cn1nnc(NS(=O)(=O)Cc2cccc(C(=O)O)c2)n1. The molecule has 0 saturated heterocycles. The number of aromatic carboxylic acids is 1. The number of carbonyl (C=O) groups is 1. The minimum absolute atomic E-state index is 0.0235. The Kier molecular flexibility index (Phi) is 3.66. The largest absolute Gasteiger partial charge is 0.478 e. The zero-order chi connectivity index (χ0) is 14.8. The molecule has 0 aliphatic heterocycles. The highest BCUT2D eigenvalue weighted by atomic mass is 32.2.